The van der Waals surface area contributed by atoms with Crippen LogP contribution in [0.5, 0.6) is 0 Å². The van der Waals surface area contributed by atoms with Crippen molar-refractivity contribution < 1.29 is 19.4 Å². The van der Waals surface area contributed by atoms with E-state index in [2.05, 4.69) is 29.6 Å². The molecule has 2 N–H and O–H groups in total. The molecule has 1 aliphatic carbocycles. The molecule has 1 aliphatic rings. The zero-order chi connectivity index (χ0) is 20.4. The van der Waals surface area contributed by atoms with E-state index in [1.807, 2.05) is 24.3 Å². The second kappa shape index (κ2) is 8.01. The van der Waals surface area contributed by atoms with Gasteiger partial charge in [-0.2, -0.15) is 0 Å². The maximum atomic E-state index is 12.4. The lowest BCUT2D eigenvalue weighted by atomic mass is 9.98. The summed E-state index contributed by atoms with van der Waals surface area (Å²) in [4.78, 5) is 24.2. The van der Waals surface area contributed by atoms with Crippen molar-refractivity contribution in [2.75, 3.05) is 18.2 Å². The number of aromatic carboxylic acids is 1. The van der Waals surface area contributed by atoms with Gasteiger partial charge in [-0.1, -0.05) is 48.5 Å². The summed E-state index contributed by atoms with van der Waals surface area (Å²) >= 11 is 1.31. The number of carboxylic acid groups (broad SMARTS) is 1. The molecule has 4 rings (SSSR count). The summed E-state index contributed by atoms with van der Waals surface area (Å²) in [6.07, 6.45) is 1.22. The molecule has 3 aromatic rings. The van der Waals surface area contributed by atoms with Gasteiger partial charge in [-0.3, -0.25) is 5.32 Å². The highest BCUT2D eigenvalue weighted by Gasteiger charge is 2.29. The Balaban J connectivity index is 1.47. The molecular weight excluding hydrogens is 386 g/mol. The Bertz CT molecular complexity index is 1050. The summed E-state index contributed by atoms with van der Waals surface area (Å²) in [5, 5.41) is 11.9. The fourth-order valence-electron chi connectivity index (χ4n) is 3.70. The molecule has 29 heavy (non-hydrogen) atoms. The molecule has 0 saturated carbocycles. The molecule has 1 amide bonds. The number of rotatable bonds is 5. The maximum Gasteiger partial charge on any atom is 0.411 e. The molecule has 0 aromatic heterocycles. The van der Waals surface area contributed by atoms with Gasteiger partial charge in [-0.25, -0.2) is 9.59 Å². The Kier molecular flexibility index (Phi) is 5.27. The van der Waals surface area contributed by atoms with Crippen LogP contribution in [0.3, 0.4) is 0 Å². The number of fused-ring (bicyclic) bond motifs is 3. The number of hydrogen-bond donors (Lipinski definition) is 2. The summed E-state index contributed by atoms with van der Waals surface area (Å²) < 4.78 is 5.52. The number of hydrogen-bond acceptors (Lipinski definition) is 4. The van der Waals surface area contributed by atoms with E-state index >= 15 is 0 Å². The third kappa shape index (κ3) is 3.71. The van der Waals surface area contributed by atoms with E-state index in [-0.39, 0.29) is 18.1 Å². The minimum absolute atomic E-state index is 0.00991. The molecule has 0 atom stereocenters. The minimum Gasteiger partial charge on any atom is -0.478 e. The molecule has 0 spiro atoms. The average molecular weight is 405 g/mol. The van der Waals surface area contributed by atoms with Crippen LogP contribution < -0.4 is 5.32 Å². The Morgan fingerprint density at radius 3 is 2.21 bits per heavy atom. The molecule has 0 bridgehead atoms. The maximum absolute atomic E-state index is 12.4. The number of anilines is 1. The van der Waals surface area contributed by atoms with Crippen molar-refractivity contribution in [1.82, 2.24) is 0 Å². The first-order valence-electron chi connectivity index (χ1n) is 9.12. The first-order valence-corrected chi connectivity index (χ1v) is 10.3. The van der Waals surface area contributed by atoms with Gasteiger partial charge in [-0.15, -0.1) is 11.8 Å². The molecule has 0 saturated heterocycles. The number of amides is 1. The summed E-state index contributed by atoms with van der Waals surface area (Å²) in [5.74, 6) is -1.01. The Morgan fingerprint density at radius 2 is 1.62 bits per heavy atom. The number of carboxylic acids is 1. The topological polar surface area (TPSA) is 75.6 Å². The molecule has 0 fully saturated rings. The van der Waals surface area contributed by atoms with Crippen LogP contribution in [0.4, 0.5) is 10.5 Å². The zero-order valence-corrected chi connectivity index (χ0v) is 16.5. The molecule has 146 valence electrons. The van der Waals surface area contributed by atoms with Gasteiger partial charge in [0.1, 0.15) is 6.61 Å². The molecule has 6 heteroatoms. The third-order valence-corrected chi connectivity index (χ3v) is 5.80. The molecule has 0 aliphatic heterocycles. The first-order chi connectivity index (χ1) is 14.1. The molecule has 0 unspecified atom stereocenters. The normalized spacial score (nSPS) is 12.2. The lowest BCUT2D eigenvalue weighted by Gasteiger charge is -2.15. The zero-order valence-electron chi connectivity index (χ0n) is 15.7. The van der Waals surface area contributed by atoms with E-state index in [4.69, 9.17) is 4.74 Å². The van der Waals surface area contributed by atoms with Gasteiger partial charge in [0.15, 0.2) is 0 Å². The number of nitrogens with one attached hydrogen (secondary N) is 1. The highest BCUT2D eigenvalue weighted by atomic mass is 32.2. The van der Waals surface area contributed by atoms with E-state index in [9.17, 15) is 14.7 Å². The number of carbonyl (C=O) groups excluding carboxylic acids is 1. The van der Waals surface area contributed by atoms with E-state index in [0.717, 1.165) is 11.1 Å². The first kappa shape index (κ1) is 19.1. The number of carbonyl (C=O) groups is 2. The van der Waals surface area contributed by atoms with Crippen molar-refractivity contribution in [3.05, 3.63) is 83.4 Å². The summed E-state index contributed by atoms with van der Waals surface area (Å²) in [7, 11) is 0. The van der Waals surface area contributed by atoms with Crippen molar-refractivity contribution >= 4 is 29.5 Å². The van der Waals surface area contributed by atoms with E-state index < -0.39 is 12.1 Å². The highest BCUT2D eigenvalue weighted by molar-refractivity contribution is 7.98. The van der Waals surface area contributed by atoms with Gasteiger partial charge in [0, 0.05) is 16.5 Å². The lowest BCUT2D eigenvalue weighted by molar-refractivity contribution is 0.0693. The molecule has 0 heterocycles. The van der Waals surface area contributed by atoms with Crippen molar-refractivity contribution in [3.63, 3.8) is 0 Å². The number of thioether (sulfide) groups is 1. The van der Waals surface area contributed by atoms with E-state index in [1.54, 1.807) is 18.4 Å². The monoisotopic (exact) mass is 405 g/mol. The van der Waals surface area contributed by atoms with Crippen LogP contribution in [0.15, 0.2) is 71.6 Å². The predicted octanol–water partition coefficient (Wildman–Crippen LogP) is 5.47. The van der Waals surface area contributed by atoms with E-state index in [0.29, 0.717) is 10.6 Å². The standard InChI is InChI=1S/C23H19NO4S/c1-29-21-12-14(10-11-19(21)22(25)26)24-23(27)28-13-20-17-8-4-2-6-15(17)16-7-3-5-9-18(16)20/h2-12,20H,13H2,1H3,(H,24,27)(H,25,26). The van der Waals surface area contributed by atoms with Crippen LogP contribution in [0, 0.1) is 0 Å². The van der Waals surface area contributed by atoms with Gasteiger partial charge in [0.2, 0.25) is 0 Å². The summed E-state index contributed by atoms with van der Waals surface area (Å²) in [5.41, 5.74) is 5.35. The SMILES string of the molecule is CSc1cc(NC(=O)OCC2c3ccccc3-c3ccccc32)ccc1C(=O)O. The van der Waals surface area contributed by atoms with Gasteiger partial charge < -0.3 is 9.84 Å². The highest BCUT2D eigenvalue weighted by Crippen LogP contribution is 2.44. The van der Waals surface area contributed by atoms with Crippen LogP contribution in [0.25, 0.3) is 11.1 Å². The third-order valence-electron chi connectivity index (χ3n) is 5.02. The fraction of sp³-hybridized carbons (Fsp3) is 0.130. The van der Waals surface area contributed by atoms with Gasteiger partial charge >= 0.3 is 12.1 Å². The second-order valence-corrected chi connectivity index (χ2v) is 7.52. The number of benzene rings is 3. The van der Waals surface area contributed by atoms with Crippen LogP contribution in [-0.2, 0) is 4.74 Å². The predicted molar refractivity (Wildman–Crippen MR) is 114 cm³/mol. The van der Waals surface area contributed by atoms with Gasteiger partial charge in [0.25, 0.3) is 0 Å². The fourth-order valence-corrected chi connectivity index (χ4v) is 4.32. The second-order valence-electron chi connectivity index (χ2n) is 6.67. The molecule has 5 nitrogen and oxygen atoms in total. The van der Waals surface area contributed by atoms with E-state index in [1.165, 1.54) is 29.0 Å². The molecule has 3 aromatic carbocycles. The van der Waals surface area contributed by atoms with Crippen LogP contribution in [-0.4, -0.2) is 30.0 Å². The largest absolute Gasteiger partial charge is 0.478 e. The van der Waals surface area contributed by atoms with Crippen molar-refractivity contribution in [2.24, 2.45) is 0 Å². The van der Waals surface area contributed by atoms with Crippen LogP contribution in [0.1, 0.15) is 27.4 Å². The Morgan fingerprint density at radius 1 is 1.00 bits per heavy atom. The number of ether oxygens (including phenoxy) is 1. The molecular formula is C23H19NO4S. The summed E-state index contributed by atoms with van der Waals surface area (Å²) in [6.45, 7) is 0.225. The Labute approximate surface area is 172 Å². The Hall–Kier alpha value is -3.25. The lowest BCUT2D eigenvalue weighted by Crippen LogP contribution is -2.18. The van der Waals surface area contributed by atoms with Gasteiger partial charge in [-0.05, 0) is 46.7 Å². The average Bonchev–Trinajstić information content (AvgIpc) is 3.06. The van der Waals surface area contributed by atoms with Crippen LogP contribution in [0.2, 0.25) is 0 Å². The van der Waals surface area contributed by atoms with Crippen molar-refractivity contribution in [2.45, 2.75) is 10.8 Å². The smallest absolute Gasteiger partial charge is 0.411 e. The minimum atomic E-state index is -0.998. The molecule has 0 radical (unpaired) electrons. The van der Waals surface area contributed by atoms with Crippen molar-refractivity contribution in [1.29, 1.82) is 0 Å². The van der Waals surface area contributed by atoms with Crippen LogP contribution >= 0.6 is 11.8 Å². The van der Waals surface area contributed by atoms with Gasteiger partial charge in [0.05, 0.1) is 5.56 Å². The van der Waals surface area contributed by atoms with Crippen molar-refractivity contribution in [3.8, 4) is 11.1 Å². The quantitative estimate of drug-likeness (QED) is 0.551. The summed E-state index contributed by atoms with van der Waals surface area (Å²) in [6, 6.07) is 21.0.